The van der Waals surface area contributed by atoms with Crippen molar-refractivity contribution in [3.63, 3.8) is 0 Å². The van der Waals surface area contributed by atoms with E-state index in [9.17, 15) is 5.26 Å². The molecule has 0 fully saturated rings. The predicted molar refractivity (Wildman–Crippen MR) is 224 cm³/mol. The molecule has 254 valence electrons. The van der Waals surface area contributed by atoms with Crippen molar-refractivity contribution in [3.05, 3.63) is 187 Å². The second-order valence-corrected chi connectivity index (χ2v) is 13.9. The molecule has 0 saturated heterocycles. The van der Waals surface area contributed by atoms with E-state index in [-0.39, 0.29) is 0 Å². The van der Waals surface area contributed by atoms with Crippen LogP contribution in [0.5, 0.6) is 0 Å². The third-order valence-corrected chi connectivity index (χ3v) is 11.0. The van der Waals surface area contributed by atoms with Gasteiger partial charge in [0.05, 0.1) is 51.0 Å². The van der Waals surface area contributed by atoms with Gasteiger partial charge >= 0.3 is 0 Å². The molecule has 11 aromatic rings. The molecule has 0 spiro atoms. The van der Waals surface area contributed by atoms with Gasteiger partial charge in [0, 0.05) is 26.9 Å². The Labute approximate surface area is 315 Å². The molecule has 0 N–H and O–H groups in total. The highest BCUT2D eigenvalue weighted by Gasteiger charge is 2.23. The third-order valence-electron chi connectivity index (χ3n) is 11.0. The molecule has 0 aliphatic heterocycles. The zero-order valence-electron chi connectivity index (χ0n) is 29.4. The number of furan rings is 1. The molecule has 0 aliphatic carbocycles. The molecule has 0 aliphatic rings. The van der Waals surface area contributed by atoms with Gasteiger partial charge in [-0.15, -0.1) is 0 Å². The van der Waals surface area contributed by atoms with Crippen LogP contribution in [0, 0.1) is 17.9 Å². The molecular formula is C50H28N4O. The summed E-state index contributed by atoms with van der Waals surface area (Å²) in [5, 5.41) is 17.2. The monoisotopic (exact) mass is 700 g/mol. The summed E-state index contributed by atoms with van der Waals surface area (Å²) in [5.74, 6) is 0. The summed E-state index contributed by atoms with van der Waals surface area (Å²) in [6.07, 6.45) is 0. The van der Waals surface area contributed by atoms with E-state index >= 15 is 0 Å². The first kappa shape index (κ1) is 30.7. The van der Waals surface area contributed by atoms with Gasteiger partial charge in [-0.05, 0) is 82.9 Å². The number of hydrogen-bond acceptors (Lipinski definition) is 2. The van der Waals surface area contributed by atoms with Gasteiger partial charge in [0.2, 0.25) is 5.69 Å². The number of benzene rings is 8. The lowest BCUT2D eigenvalue weighted by Gasteiger charge is -2.16. The van der Waals surface area contributed by atoms with Crippen molar-refractivity contribution in [2.45, 2.75) is 0 Å². The maximum atomic E-state index is 10.9. The Bertz CT molecular complexity index is 3350. The molecule has 0 atom stereocenters. The van der Waals surface area contributed by atoms with E-state index in [0.29, 0.717) is 22.6 Å². The SMILES string of the molecule is [C-]#[N+]c1cc(-n2c3ccc(-c4ccccc4)cc3c3cc(-c4ccccc4)ccc32)c(C#N)cc1-n1c2ccccc2c2c3oc4ccccc4c3ccc21. The molecule has 0 unspecified atom stereocenters. The van der Waals surface area contributed by atoms with Crippen LogP contribution in [-0.2, 0) is 0 Å². The van der Waals surface area contributed by atoms with Crippen molar-refractivity contribution < 1.29 is 4.42 Å². The number of fused-ring (bicyclic) bond motifs is 10. The van der Waals surface area contributed by atoms with E-state index < -0.39 is 0 Å². The van der Waals surface area contributed by atoms with Crippen LogP contribution < -0.4 is 0 Å². The lowest BCUT2D eigenvalue weighted by Crippen LogP contribution is -2.01. The van der Waals surface area contributed by atoms with Crippen LogP contribution >= 0.6 is 0 Å². The molecule has 55 heavy (non-hydrogen) atoms. The van der Waals surface area contributed by atoms with Crippen molar-refractivity contribution in [3.8, 4) is 39.7 Å². The van der Waals surface area contributed by atoms with Crippen molar-refractivity contribution in [1.29, 1.82) is 5.26 Å². The smallest absolute Gasteiger partial charge is 0.212 e. The molecule has 0 bridgehead atoms. The van der Waals surface area contributed by atoms with E-state index in [1.807, 2.05) is 54.6 Å². The molecule has 11 rings (SSSR count). The fourth-order valence-electron chi connectivity index (χ4n) is 8.51. The predicted octanol–water partition coefficient (Wildman–Crippen LogP) is 13.5. The largest absolute Gasteiger partial charge is 0.455 e. The van der Waals surface area contributed by atoms with Crippen molar-refractivity contribution >= 4 is 71.2 Å². The molecule has 3 aromatic heterocycles. The minimum absolute atomic E-state index is 0.443. The molecule has 5 heteroatoms. The van der Waals surface area contributed by atoms with E-state index in [0.717, 1.165) is 87.8 Å². The molecule has 3 heterocycles. The minimum atomic E-state index is 0.443. The first-order valence-electron chi connectivity index (χ1n) is 18.2. The second-order valence-electron chi connectivity index (χ2n) is 13.9. The van der Waals surface area contributed by atoms with Crippen LogP contribution in [0.15, 0.2) is 174 Å². The Morgan fingerprint density at radius 2 is 1.04 bits per heavy atom. The molecular weight excluding hydrogens is 673 g/mol. The van der Waals surface area contributed by atoms with Crippen LogP contribution in [-0.4, -0.2) is 9.13 Å². The van der Waals surface area contributed by atoms with E-state index in [2.05, 4.69) is 135 Å². The fraction of sp³-hybridized carbons (Fsp3) is 0. The highest BCUT2D eigenvalue weighted by Crippen LogP contribution is 2.44. The topological polar surface area (TPSA) is 51.1 Å². The maximum absolute atomic E-state index is 10.9. The van der Waals surface area contributed by atoms with Crippen LogP contribution in [0.4, 0.5) is 5.69 Å². The van der Waals surface area contributed by atoms with Crippen molar-refractivity contribution in [1.82, 2.24) is 9.13 Å². The summed E-state index contributed by atoms with van der Waals surface area (Å²) in [5.41, 5.74) is 12.1. The highest BCUT2D eigenvalue weighted by atomic mass is 16.3. The van der Waals surface area contributed by atoms with Crippen LogP contribution in [0.1, 0.15) is 5.56 Å². The summed E-state index contributed by atoms with van der Waals surface area (Å²) < 4.78 is 10.8. The normalized spacial score (nSPS) is 11.6. The fourth-order valence-corrected chi connectivity index (χ4v) is 8.51. The van der Waals surface area contributed by atoms with Gasteiger partial charge in [-0.3, -0.25) is 0 Å². The minimum Gasteiger partial charge on any atom is -0.455 e. The Morgan fingerprint density at radius 1 is 0.473 bits per heavy atom. The van der Waals surface area contributed by atoms with Crippen LogP contribution in [0.25, 0.3) is 104 Å². The van der Waals surface area contributed by atoms with Gasteiger partial charge in [0.25, 0.3) is 0 Å². The first-order chi connectivity index (χ1) is 27.2. The molecule has 5 nitrogen and oxygen atoms in total. The van der Waals surface area contributed by atoms with E-state index in [1.54, 1.807) is 0 Å². The summed E-state index contributed by atoms with van der Waals surface area (Å²) in [6, 6.07) is 60.6. The Hall–Kier alpha value is -7.86. The Kier molecular flexibility index (Phi) is 6.61. The van der Waals surface area contributed by atoms with Crippen molar-refractivity contribution in [2.75, 3.05) is 0 Å². The second kappa shape index (κ2) is 11.8. The number of nitriles is 1. The summed E-state index contributed by atoms with van der Waals surface area (Å²) >= 11 is 0. The third kappa shape index (κ3) is 4.51. The number of rotatable bonds is 4. The standard InChI is InChI=1S/C50H28N4O/c1-52-41-29-46(53-43-23-20-33(31-12-4-2-5-13-31)26-39(43)40-27-34(21-24-44(40)53)32-14-6-3-7-15-32)35(30-51)28-47(41)54-42-18-10-8-17-38(42)49-45(54)25-22-37-36-16-9-11-19-48(36)55-50(37)49/h2-29H. The van der Waals surface area contributed by atoms with Gasteiger partial charge in [-0.2, -0.15) is 5.26 Å². The molecule has 0 amide bonds. The highest BCUT2D eigenvalue weighted by molar-refractivity contribution is 6.24. The number of hydrogen-bond donors (Lipinski definition) is 0. The molecule has 8 aromatic carbocycles. The lowest BCUT2D eigenvalue weighted by atomic mass is 10.0. The number of nitrogens with zero attached hydrogens (tertiary/aromatic N) is 4. The Balaban J connectivity index is 1.18. The van der Waals surface area contributed by atoms with Crippen LogP contribution in [0.2, 0.25) is 0 Å². The average molecular weight is 701 g/mol. The number of para-hydroxylation sites is 2. The molecule has 0 saturated carbocycles. The zero-order chi connectivity index (χ0) is 36.6. The molecule has 0 radical (unpaired) electrons. The summed E-state index contributed by atoms with van der Waals surface area (Å²) in [6.45, 7) is 8.53. The van der Waals surface area contributed by atoms with E-state index in [4.69, 9.17) is 11.0 Å². The summed E-state index contributed by atoms with van der Waals surface area (Å²) in [4.78, 5) is 4.13. The van der Waals surface area contributed by atoms with Crippen molar-refractivity contribution in [2.24, 2.45) is 0 Å². The van der Waals surface area contributed by atoms with Gasteiger partial charge in [0.15, 0.2) is 0 Å². The summed E-state index contributed by atoms with van der Waals surface area (Å²) in [7, 11) is 0. The van der Waals surface area contributed by atoms with Gasteiger partial charge in [-0.1, -0.05) is 109 Å². The maximum Gasteiger partial charge on any atom is 0.212 e. The first-order valence-corrected chi connectivity index (χ1v) is 18.2. The van der Waals surface area contributed by atoms with Gasteiger partial charge in [0.1, 0.15) is 17.2 Å². The lowest BCUT2D eigenvalue weighted by molar-refractivity contribution is 0.673. The average Bonchev–Trinajstić information content (AvgIpc) is 3.91. The Morgan fingerprint density at radius 3 is 1.69 bits per heavy atom. The zero-order valence-corrected chi connectivity index (χ0v) is 29.4. The van der Waals surface area contributed by atoms with Gasteiger partial charge < -0.3 is 13.6 Å². The number of aromatic nitrogens is 2. The quantitative estimate of drug-likeness (QED) is 0.172. The van der Waals surface area contributed by atoms with Crippen LogP contribution in [0.3, 0.4) is 0 Å². The van der Waals surface area contributed by atoms with Gasteiger partial charge in [-0.25, -0.2) is 4.85 Å². The van der Waals surface area contributed by atoms with E-state index in [1.165, 1.54) is 0 Å².